The Morgan fingerprint density at radius 1 is 1.03 bits per heavy atom. The zero-order valence-corrected chi connectivity index (χ0v) is 19.0. The van der Waals surface area contributed by atoms with Gasteiger partial charge in [0.15, 0.2) is 0 Å². The highest BCUT2D eigenvalue weighted by Crippen LogP contribution is 2.32. The van der Waals surface area contributed by atoms with E-state index in [2.05, 4.69) is 5.32 Å². The van der Waals surface area contributed by atoms with E-state index < -0.39 is 15.9 Å². The maximum Gasteiger partial charge on any atom is 0.246 e. The van der Waals surface area contributed by atoms with Crippen molar-refractivity contribution in [2.45, 2.75) is 24.7 Å². The molecule has 1 heterocycles. The van der Waals surface area contributed by atoms with Crippen LogP contribution in [0.3, 0.4) is 0 Å². The van der Waals surface area contributed by atoms with Gasteiger partial charge >= 0.3 is 0 Å². The molecule has 1 N–H and O–H groups in total. The number of anilines is 1. The van der Waals surface area contributed by atoms with E-state index in [1.807, 2.05) is 6.92 Å². The SMILES string of the molecule is COc1ccc(NC(=O)[C@H]2CCCN(S(=O)(=O)c3cc(C)ccc3OC)C2)c(OC)c1. The van der Waals surface area contributed by atoms with Gasteiger partial charge in [0.05, 0.1) is 32.9 Å². The molecule has 1 amide bonds. The maximum absolute atomic E-state index is 13.3. The first-order valence-electron chi connectivity index (χ1n) is 9.97. The number of methoxy groups -OCH3 is 3. The highest BCUT2D eigenvalue weighted by molar-refractivity contribution is 7.89. The van der Waals surface area contributed by atoms with Crippen molar-refractivity contribution in [3.05, 3.63) is 42.0 Å². The molecule has 0 saturated carbocycles. The van der Waals surface area contributed by atoms with Crippen LogP contribution in [-0.2, 0) is 14.8 Å². The molecule has 9 heteroatoms. The summed E-state index contributed by atoms with van der Waals surface area (Å²) in [6.07, 6.45) is 1.19. The largest absolute Gasteiger partial charge is 0.497 e. The summed E-state index contributed by atoms with van der Waals surface area (Å²) < 4.78 is 43.7. The normalized spacial score (nSPS) is 17.1. The van der Waals surface area contributed by atoms with E-state index >= 15 is 0 Å². The molecule has 0 spiro atoms. The average Bonchev–Trinajstić information content (AvgIpc) is 2.79. The summed E-state index contributed by atoms with van der Waals surface area (Å²) in [6.45, 7) is 2.28. The summed E-state index contributed by atoms with van der Waals surface area (Å²) in [5.41, 5.74) is 1.32. The number of ether oxygens (including phenoxy) is 3. The first-order chi connectivity index (χ1) is 14.8. The Bertz CT molecular complexity index is 1050. The predicted molar refractivity (Wildman–Crippen MR) is 117 cm³/mol. The van der Waals surface area contributed by atoms with Gasteiger partial charge in [0.25, 0.3) is 0 Å². The van der Waals surface area contributed by atoms with Gasteiger partial charge in [0.1, 0.15) is 22.1 Å². The molecule has 2 aromatic rings. The second-order valence-electron chi connectivity index (χ2n) is 7.41. The van der Waals surface area contributed by atoms with Crippen LogP contribution in [0.2, 0.25) is 0 Å². The molecule has 31 heavy (non-hydrogen) atoms. The number of amides is 1. The summed E-state index contributed by atoms with van der Waals surface area (Å²) in [4.78, 5) is 13.1. The van der Waals surface area contributed by atoms with Crippen molar-refractivity contribution in [3.63, 3.8) is 0 Å². The molecule has 8 nitrogen and oxygen atoms in total. The van der Waals surface area contributed by atoms with Gasteiger partial charge in [-0.3, -0.25) is 4.79 Å². The molecule has 0 unspecified atom stereocenters. The van der Waals surface area contributed by atoms with Gasteiger partial charge in [-0.1, -0.05) is 6.07 Å². The van der Waals surface area contributed by atoms with Crippen molar-refractivity contribution in [3.8, 4) is 17.2 Å². The molecule has 1 fully saturated rings. The van der Waals surface area contributed by atoms with Crippen LogP contribution in [-0.4, -0.2) is 53.0 Å². The molecule has 1 saturated heterocycles. The molecule has 0 radical (unpaired) electrons. The Balaban J connectivity index is 1.79. The first-order valence-corrected chi connectivity index (χ1v) is 11.4. The molecule has 3 rings (SSSR count). The number of hydrogen-bond acceptors (Lipinski definition) is 6. The number of nitrogens with zero attached hydrogens (tertiary/aromatic N) is 1. The number of hydrogen-bond donors (Lipinski definition) is 1. The van der Waals surface area contributed by atoms with Gasteiger partial charge < -0.3 is 19.5 Å². The van der Waals surface area contributed by atoms with Crippen molar-refractivity contribution in [2.75, 3.05) is 39.7 Å². The van der Waals surface area contributed by atoms with Crippen LogP contribution in [0.1, 0.15) is 18.4 Å². The number of aryl methyl sites for hydroxylation is 1. The molecular weight excluding hydrogens is 420 g/mol. The minimum atomic E-state index is -3.80. The van der Waals surface area contributed by atoms with Crippen LogP contribution in [0, 0.1) is 12.8 Å². The van der Waals surface area contributed by atoms with E-state index in [0.29, 0.717) is 42.3 Å². The number of nitrogens with one attached hydrogen (secondary N) is 1. The fourth-order valence-corrected chi connectivity index (χ4v) is 5.40. The molecule has 2 aromatic carbocycles. The number of carbonyl (C=O) groups is 1. The van der Waals surface area contributed by atoms with Gasteiger partial charge in [-0.25, -0.2) is 8.42 Å². The Hall–Kier alpha value is -2.78. The Kier molecular flexibility index (Phi) is 7.07. The van der Waals surface area contributed by atoms with Crippen LogP contribution in [0.25, 0.3) is 0 Å². The fraction of sp³-hybridized carbons (Fsp3) is 0.409. The molecule has 0 aliphatic carbocycles. The van der Waals surface area contributed by atoms with Crippen LogP contribution >= 0.6 is 0 Å². The average molecular weight is 449 g/mol. The van der Waals surface area contributed by atoms with Crippen molar-refractivity contribution >= 4 is 21.6 Å². The van der Waals surface area contributed by atoms with Crippen molar-refractivity contribution < 1.29 is 27.4 Å². The number of carbonyl (C=O) groups excluding carboxylic acids is 1. The van der Waals surface area contributed by atoms with Gasteiger partial charge in [0.2, 0.25) is 15.9 Å². The lowest BCUT2D eigenvalue weighted by atomic mass is 9.98. The zero-order chi connectivity index (χ0) is 22.6. The predicted octanol–water partition coefficient (Wildman–Crippen LogP) is 3.06. The standard InChI is InChI=1S/C22H28N2O6S/c1-15-7-10-19(29-3)21(12-15)31(26,27)24-11-5-6-16(14-24)22(25)23-18-9-8-17(28-2)13-20(18)30-4/h7-10,12-13,16H,5-6,11,14H2,1-4H3,(H,23,25)/t16-/m0/s1. The third kappa shape index (κ3) is 4.94. The quantitative estimate of drug-likeness (QED) is 0.700. The molecule has 0 aromatic heterocycles. The van der Waals surface area contributed by atoms with Crippen LogP contribution in [0.5, 0.6) is 17.2 Å². The van der Waals surface area contributed by atoms with Crippen LogP contribution in [0.15, 0.2) is 41.3 Å². The summed E-state index contributed by atoms with van der Waals surface area (Å²) in [5.74, 6) is 0.639. The Morgan fingerprint density at radius 2 is 1.77 bits per heavy atom. The monoisotopic (exact) mass is 448 g/mol. The molecule has 1 aliphatic rings. The second kappa shape index (κ2) is 9.57. The minimum absolute atomic E-state index is 0.101. The number of rotatable bonds is 7. The first kappa shape index (κ1) is 22.9. The van der Waals surface area contributed by atoms with Crippen molar-refractivity contribution in [1.29, 1.82) is 0 Å². The van der Waals surface area contributed by atoms with Crippen molar-refractivity contribution in [1.82, 2.24) is 4.31 Å². The summed E-state index contributed by atoms with van der Waals surface area (Å²) in [6, 6.07) is 10.1. The number of piperidine rings is 1. The third-order valence-corrected chi connectivity index (χ3v) is 7.24. The van der Waals surface area contributed by atoms with Gasteiger partial charge in [-0.05, 0) is 49.6 Å². The van der Waals surface area contributed by atoms with E-state index in [1.54, 1.807) is 43.5 Å². The van der Waals surface area contributed by atoms with Crippen LogP contribution in [0.4, 0.5) is 5.69 Å². The van der Waals surface area contributed by atoms with E-state index in [9.17, 15) is 13.2 Å². The smallest absolute Gasteiger partial charge is 0.246 e. The van der Waals surface area contributed by atoms with Gasteiger partial charge in [-0.15, -0.1) is 0 Å². The maximum atomic E-state index is 13.3. The highest BCUT2D eigenvalue weighted by atomic mass is 32.2. The zero-order valence-electron chi connectivity index (χ0n) is 18.2. The second-order valence-corrected chi connectivity index (χ2v) is 9.32. The van der Waals surface area contributed by atoms with Crippen LogP contribution < -0.4 is 19.5 Å². The molecule has 0 bridgehead atoms. The lowest BCUT2D eigenvalue weighted by Gasteiger charge is -2.31. The minimum Gasteiger partial charge on any atom is -0.497 e. The lowest BCUT2D eigenvalue weighted by Crippen LogP contribution is -2.43. The molecule has 1 aliphatic heterocycles. The van der Waals surface area contributed by atoms with Gasteiger partial charge in [-0.2, -0.15) is 4.31 Å². The van der Waals surface area contributed by atoms with E-state index in [0.717, 1.165) is 5.56 Å². The Labute approximate surface area is 183 Å². The van der Waals surface area contributed by atoms with E-state index in [4.69, 9.17) is 14.2 Å². The highest BCUT2D eigenvalue weighted by Gasteiger charge is 2.35. The van der Waals surface area contributed by atoms with Crippen molar-refractivity contribution in [2.24, 2.45) is 5.92 Å². The Morgan fingerprint density at radius 3 is 2.45 bits per heavy atom. The number of sulfonamides is 1. The summed E-state index contributed by atoms with van der Waals surface area (Å²) in [7, 11) is 0.699. The molecule has 168 valence electrons. The number of benzene rings is 2. The third-order valence-electron chi connectivity index (χ3n) is 5.36. The molecule has 1 atom stereocenters. The molecular formula is C22H28N2O6S. The summed E-state index contributed by atoms with van der Waals surface area (Å²) in [5, 5.41) is 2.86. The van der Waals surface area contributed by atoms with E-state index in [-0.39, 0.29) is 17.3 Å². The topological polar surface area (TPSA) is 94.2 Å². The van der Waals surface area contributed by atoms with E-state index in [1.165, 1.54) is 18.5 Å². The summed E-state index contributed by atoms with van der Waals surface area (Å²) >= 11 is 0. The lowest BCUT2D eigenvalue weighted by molar-refractivity contribution is -0.120. The van der Waals surface area contributed by atoms with Gasteiger partial charge in [0, 0.05) is 19.2 Å². The fourth-order valence-electron chi connectivity index (χ4n) is 3.64.